The molecule has 0 saturated carbocycles. The third-order valence-corrected chi connectivity index (χ3v) is 4.94. The number of ether oxygens (including phenoxy) is 2. The Labute approximate surface area is 166 Å². The van der Waals surface area contributed by atoms with Crippen molar-refractivity contribution in [2.75, 3.05) is 6.61 Å². The lowest BCUT2D eigenvalue weighted by Gasteiger charge is -2.46. The van der Waals surface area contributed by atoms with Crippen LogP contribution in [0.5, 0.6) is 0 Å². The first-order chi connectivity index (χ1) is 13.5. The van der Waals surface area contributed by atoms with Gasteiger partial charge in [0.1, 0.15) is 24.4 Å². The number of hydrogen-bond donors (Lipinski definition) is 4. The second kappa shape index (κ2) is 9.60. The van der Waals surface area contributed by atoms with Crippen LogP contribution in [0.3, 0.4) is 0 Å². The van der Waals surface area contributed by atoms with E-state index in [0.29, 0.717) is 12.0 Å². The molecule has 2 aliphatic rings. The van der Waals surface area contributed by atoms with Gasteiger partial charge in [-0.3, -0.25) is 0 Å². The predicted molar refractivity (Wildman–Crippen MR) is 106 cm³/mol. The Balaban J connectivity index is 0.00000136. The van der Waals surface area contributed by atoms with E-state index in [1.165, 1.54) is 0 Å². The number of aliphatic hydroxyl groups is 4. The van der Waals surface area contributed by atoms with Crippen LogP contribution in [0.4, 0.5) is 0 Å². The monoisotopic (exact) mass is 390 g/mol. The Kier molecular flexibility index (Phi) is 7.71. The van der Waals surface area contributed by atoms with Gasteiger partial charge in [-0.1, -0.05) is 57.4 Å². The molecule has 1 spiro atoms. The molecule has 0 radical (unpaired) electrons. The summed E-state index contributed by atoms with van der Waals surface area (Å²) in [4.78, 5) is 0. The van der Waals surface area contributed by atoms with E-state index in [4.69, 9.17) is 9.47 Å². The van der Waals surface area contributed by atoms with E-state index in [-0.39, 0.29) is 6.61 Å². The molecule has 1 aromatic rings. The molecule has 1 fully saturated rings. The number of aliphatic hydroxyl groups excluding tert-OH is 4. The molecule has 1 aromatic carbocycles. The minimum atomic E-state index is -1.62. The van der Waals surface area contributed by atoms with Gasteiger partial charge in [0.05, 0.1) is 13.2 Å². The molecule has 0 bridgehead atoms. The van der Waals surface area contributed by atoms with Crippen LogP contribution in [-0.4, -0.2) is 51.4 Å². The molecule has 154 valence electrons. The Morgan fingerprint density at radius 1 is 1.21 bits per heavy atom. The van der Waals surface area contributed by atoms with Crippen LogP contribution in [0.1, 0.15) is 30.5 Å². The normalized spacial score (nSPS) is 31.7. The standard InChI is InChI=1S/C20H24O6.C2H6/c1-3-5-12(4-2)8-13-6-7-14-11-25-20(15(14)9-13)19(24)18(23)17(22)16(10-21)26-20;1-2/h3-7,9,16-19,21-24H,1-2,8,10-11H2;1-2H3/b12-5+;. The number of fused-ring (bicyclic) bond motifs is 2. The second-order valence-electron chi connectivity index (χ2n) is 6.57. The van der Waals surface area contributed by atoms with Crippen LogP contribution >= 0.6 is 0 Å². The van der Waals surface area contributed by atoms with Crippen LogP contribution in [-0.2, 0) is 28.3 Å². The first kappa shape index (κ1) is 22.5. The summed E-state index contributed by atoms with van der Waals surface area (Å²) in [6.07, 6.45) is 0.442. The summed E-state index contributed by atoms with van der Waals surface area (Å²) in [5, 5.41) is 40.2. The van der Waals surface area contributed by atoms with Crippen molar-refractivity contribution >= 4 is 0 Å². The maximum Gasteiger partial charge on any atom is 0.225 e. The summed E-state index contributed by atoms with van der Waals surface area (Å²) in [5.74, 6) is -1.62. The van der Waals surface area contributed by atoms with Gasteiger partial charge in [0, 0.05) is 5.56 Å². The fourth-order valence-electron chi connectivity index (χ4n) is 3.52. The van der Waals surface area contributed by atoms with E-state index in [1.54, 1.807) is 12.2 Å². The zero-order chi connectivity index (χ0) is 20.9. The third kappa shape index (κ3) is 3.98. The molecule has 6 heteroatoms. The molecular weight excluding hydrogens is 360 g/mol. The highest BCUT2D eigenvalue weighted by Gasteiger charge is 2.58. The largest absolute Gasteiger partial charge is 0.394 e. The van der Waals surface area contributed by atoms with Gasteiger partial charge in [-0.05, 0) is 29.2 Å². The maximum absolute atomic E-state index is 10.6. The smallest absolute Gasteiger partial charge is 0.225 e. The maximum atomic E-state index is 10.6. The van der Waals surface area contributed by atoms with Gasteiger partial charge < -0.3 is 29.9 Å². The highest BCUT2D eigenvalue weighted by molar-refractivity contribution is 5.41. The molecule has 5 unspecified atom stereocenters. The molecule has 0 amide bonds. The topological polar surface area (TPSA) is 99.4 Å². The minimum absolute atomic E-state index is 0.199. The number of rotatable bonds is 5. The summed E-state index contributed by atoms with van der Waals surface area (Å²) in [5.41, 5.74) is 3.33. The lowest BCUT2D eigenvalue weighted by molar-refractivity contribution is -0.368. The van der Waals surface area contributed by atoms with E-state index in [2.05, 4.69) is 13.2 Å². The van der Waals surface area contributed by atoms with Crippen molar-refractivity contribution in [2.45, 2.75) is 57.1 Å². The average molecular weight is 390 g/mol. The molecule has 3 rings (SSSR count). The van der Waals surface area contributed by atoms with Gasteiger partial charge in [-0.2, -0.15) is 0 Å². The molecule has 6 nitrogen and oxygen atoms in total. The molecule has 5 atom stereocenters. The molecule has 2 aliphatic heterocycles. The summed E-state index contributed by atoms with van der Waals surface area (Å²) in [6, 6.07) is 5.69. The van der Waals surface area contributed by atoms with Crippen LogP contribution in [0.15, 0.2) is 55.2 Å². The second-order valence-corrected chi connectivity index (χ2v) is 6.57. The summed E-state index contributed by atoms with van der Waals surface area (Å²) >= 11 is 0. The van der Waals surface area contributed by atoms with Crippen molar-refractivity contribution in [3.8, 4) is 0 Å². The van der Waals surface area contributed by atoms with Crippen molar-refractivity contribution in [3.05, 3.63) is 71.8 Å². The summed E-state index contributed by atoms with van der Waals surface area (Å²) in [7, 11) is 0. The van der Waals surface area contributed by atoms with Gasteiger partial charge in [0.2, 0.25) is 5.79 Å². The van der Waals surface area contributed by atoms with Crippen molar-refractivity contribution < 1.29 is 29.9 Å². The minimum Gasteiger partial charge on any atom is -0.394 e. The Morgan fingerprint density at radius 2 is 1.93 bits per heavy atom. The zero-order valence-corrected chi connectivity index (χ0v) is 16.4. The SMILES string of the molecule is C=C/C=C(\C=C)Cc1ccc2c(c1)C1(OC2)OC(CO)C(O)C(O)C1O.CC. The average Bonchev–Trinajstić information content (AvgIpc) is 3.09. The van der Waals surface area contributed by atoms with E-state index < -0.39 is 36.8 Å². The highest BCUT2D eigenvalue weighted by atomic mass is 16.7. The van der Waals surface area contributed by atoms with Gasteiger partial charge >= 0.3 is 0 Å². The van der Waals surface area contributed by atoms with Crippen molar-refractivity contribution in [1.82, 2.24) is 0 Å². The molecule has 2 heterocycles. The molecule has 0 aliphatic carbocycles. The van der Waals surface area contributed by atoms with Crippen molar-refractivity contribution in [1.29, 1.82) is 0 Å². The number of hydrogen-bond acceptors (Lipinski definition) is 6. The Morgan fingerprint density at radius 3 is 2.54 bits per heavy atom. The fraction of sp³-hybridized carbons (Fsp3) is 0.455. The molecular formula is C22H30O6. The van der Waals surface area contributed by atoms with Crippen LogP contribution < -0.4 is 0 Å². The first-order valence-corrected chi connectivity index (χ1v) is 9.50. The summed E-state index contributed by atoms with van der Waals surface area (Å²) in [6.45, 7) is 11.2. The Bertz CT molecular complexity index is 726. The van der Waals surface area contributed by atoms with Gasteiger partial charge in [-0.15, -0.1) is 0 Å². The van der Waals surface area contributed by atoms with Gasteiger partial charge in [-0.25, -0.2) is 0 Å². The molecule has 4 N–H and O–H groups in total. The van der Waals surface area contributed by atoms with Crippen LogP contribution in [0, 0.1) is 0 Å². The molecule has 1 saturated heterocycles. The molecule has 28 heavy (non-hydrogen) atoms. The fourth-order valence-corrected chi connectivity index (χ4v) is 3.52. The predicted octanol–water partition coefficient (Wildman–Crippen LogP) is 1.71. The Hall–Kier alpha value is -1.80. The van der Waals surface area contributed by atoms with E-state index in [1.807, 2.05) is 38.1 Å². The lowest BCUT2D eigenvalue weighted by Crippen LogP contribution is -2.63. The first-order valence-electron chi connectivity index (χ1n) is 9.50. The zero-order valence-electron chi connectivity index (χ0n) is 16.4. The van der Waals surface area contributed by atoms with Gasteiger partial charge in [0.25, 0.3) is 0 Å². The lowest BCUT2D eigenvalue weighted by atomic mass is 9.86. The van der Waals surface area contributed by atoms with Crippen molar-refractivity contribution in [3.63, 3.8) is 0 Å². The van der Waals surface area contributed by atoms with Crippen molar-refractivity contribution in [2.24, 2.45) is 0 Å². The van der Waals surface area contributed by atoms with E-state index in [9.17, 15) is 20.4 Å². The quantitative estimate of drug-likeness (QED) is 0.572. The van der Waals surface area contributed by atoms with Crippen LogP contribution in [0.25, 0.3) is 0 Å². The molecule has 0 aromatic heterocycles. The van der Waals surface area contributed by atoms with Gasteiger partial charge in [0.15, 0.2) is 0 Å². The summed E-state index contributed by atoms with van der Waals surface area (Å²) < 4.78 is 11.5. The highest BCUT2D eigenvalue weighted by Crippen LogP contribution is 2.46. The third-order valence-electron chi connectivity index (χ3n) is 4.94. The number of benzene rings is 1. The number of allylic oxidation sites excluding steroid dienone is 4. The van der Waals surface area contributed by atoms with E-state index >= 15 is 0 Å². The van der Waals surface area contributed by atoms with Crippen LogP contribution in [0.2, 0.25) is 0 Å². The van der Waals surface area contributed by atoms with E-state index in [0.717, 1.165) is 16.7 Å².